The Morgan fingerprint density at radius 3 is 1.40 bits per heavy atom. The molecule has 218 valence electrons. The van der Waals surface area contributed by atoms with Crippen molar-refractivity contribution in [3.63, 3.8) is 0 Å². The number of ketones is 1. The Morgan fingerprint density at radius 2 is 0.930 bits per heavy atom. The molecule has 0 amide bonds. The van der Waals surface area contributed by atoms with Gasteiger partial charge in [0.25, 0.3) is 0 Å². The topological polar surface area (TPSA) is 114 Å². The zero-order chi connectivity index (χ0) is 30.0. The second kappa shape index (κ2) is 14.2. The van der Waals surface area contributed by atoms with Crippen LogP contribution in [0.5, 0.6) is 0 Å². The van der Waals surface area contributed by atoms with E-state index in [1.54, 1.807) is 121 Å². The predicted molar refractivity (Wildman–Crippen MR) is 153 cm³/mol. The number of carbonyl (C=O) groups is 4. The van der Waals surface area contributed by atoms with Gasteiger partial charge in [0.15, 0.2) is 30.4 Å². The fourth-order valence-electron chi connectivity index (χ4n) is 4.43. The highest BCUT2D eigenvalue weighted by Gasteiger charge is 2.48. The number of hydrogen-bond acceptors (Lipinski definition) is 9. The molecule has 1 aliphatic heterocycles. The average Bonchev–Trinajstić information content (AvgIpc) is 3.07. The summed E-state index contributed by atoms with van der Waals surface area (Å²) in [5, 5.41) is 0. The number of carbonyl (C=O) groups excluding carboxylic acids is 4. The van der Waals surface area contributed by atoms with E-state index in [-0.39, 0.29) is 29.1 Å². The van der Waals surface area contributed by atoms with E-state index < -0.39 is 49.1 Å². The van der Waals surface area contributed by atoms with Crippen LogP contribution in [0.4, 0.5) is 0 Å². The van der Waals surface area contributed by atoms with Gasteiger partial charge in [-0.25, -0.2) is 14.4 Å². The lowest BCUT2D eigenvalue weighted by Crippen LogP contribution is -2.58. The minimum Gasteiger partial charge on any atom is -0.452 e. The van der Waals surface area contributed by atoms with Crippen molar-refractivity contribution in [2.75, 3.05) is 13.2 Å². The zero-order valence-corrected chi connectivity index (χ0v) is 22.9. The van der Waals surface area contributed by atoms with Crippen LogP contribution >= 0.6 is 0 Å². The lowest BCUT2D eigenvalue weighted by Gasteiger charge is -2.40. The summed E-state index contributed by atoms with van der Waals surface area (Å²) in [6.07, 6.45) is -5.27. The second-order valence-corrected chi connectivity index (χ2v) is 9.58. The van der Waals surface area contributed by atoms with Crippen molar-refractivity contribution in [2.24, 2.45) is 0 Å². The van der Waals surface area contributed by atoms with E-state index in [1.165, 1.54) is 0 Å². The summed E-state index contributed by atoms with van der Waals surface area (Å²) in [5.74, 6) is -2.53. The standard InChI is InChI=1S/C34H28O9/c35-27(23-13-5-1-6-14-23)21-39-34-30(43-33(38)26-19-11-4-12-20-26)29(42-32(37)25-17-9-3-10-18-25)28(22-40-34)41-31(36)24-15-7-2-8-16-24/h1-20,28-30,34H,21-22H2/t28-,29-,30+,34-/m0/s1. The molecule has 0 unspecified atom stereocenters. The predicted octanol–water partition coefficient (Wildman–Crippen LogP) is 4.92. The van der Waals surface area contributed by atoms with Gasteiger partial charge in [-0.2, -0.15) is 0 Å². The normalized spacial score (nSPS) is 19.5. The maximum Gasteiger partial charge on any atom is 0.338 e. The average molecular weight is 581 g/mol. The molecule has 0 spiro atoms. The summed E-state index contributed by atoms with van der Waals surface area (Å²) in [5.41, 5.74) is 1.13. The number of hydrogen-bond donors (Lipinski definition) is 0. The van der Waals surface area contributed by atoms with Gasteiger partial charge in [-0.1, -0.05) is 84.9 Å². The van der Waals surface area contributed by atoms with Crippen molar-refractivity contribution in [3.05, 3.63) is 144 Å². The van der Waals surface area contributed by atoms with Crippen LogP contribution in [0.3, 0.4) is 0 Å². The molecule has 9 heteroatoms. The first kappa shape index (κ1) is 29.4. The number of rotatable bonds is 10. The molecule has 4 atom stereocenters. The van der Waals surface area contributed by atoms with Crippen molar-refractivity contribution in [1.29, 1.82) is 0 Å². The maximum absolute atomic E-state index is 13.2. The smallest absolute Gasteiger partial charge is 0.338 e. The Kier molecular flexibility index (Phi) is 9.68. The molecule has 0 radical (unpaired) electrons. The summed E-state index contributed by atoms with van der Waals surface area (Å²) >= 11 is 0. The minimum atomic E-state index is -1.41. The van der Waals surface area contributed by atoms with Gasteiger partial charge < -0.3 is 23.7 Å². The molecule has 4 aromatic rings. The monoisotopic (exact) mass is 580 g/mol. The first-order chi connectivity index (χ1) is 21.0. The molecule has 1 heterocycles. The molecule has 1 aliphatic rings. The van der Waals surface area contributed by atoms with Crippen molar-refractivity contribution >= 4 is 23.7 Å². The molecule has 4 aromatic carbocycles. The first-order valence-corrected chi connectivity index (χ1v) is 13.6. The van der Waals surface area contributed by atoms with Crippen LogP contribution in [0.15, 0.2) is 121 Å². The minimum absolute atomic E-state index is 0.221. The summed E-state index contributed by atoms with van der Waals surface area (Å²) in [6, 6.07) is 33.1. The summed E-state index contributed by atoms with van der Waals surface area (Å²) in [4.78, 5) is 52.3. The van der Waals surface area contributed by atoms with Crippen LogP contribution in [0.2, 0.25) is 0 Å². The van der Waals surface area contributed by atoms with Crippen LogP contribution < -0.4 is 0 Å². The van der Waals surface area contributed by atoms with E-state index in [1.807, 2.05) is 0 Å². The van der Waals surface area contributed by atoms with E-state index in [2.05, 4.69) is 0 Å². The molecule has 0 aromatic heterocycles. The van der Waals surface area contributed by atoms with Gasteiger partial charge in [0, 0.05) is 5.56 Å². The van der Waals surface area contributed by atoms with E-state index >= 15 is 0 Å². The number of ether oxygens (including phenoxy) is 5. The first-order valence-electron chi connectivity index (χ1n) is 13.6. The SMILES string of the molecule is O=C(CO[C@H]1OC[C@H](OC(=O)c2ccccc2)[C@H](OC(=O)c2ccccc2)[C@H]1OC(=O)c1ccccc1)c1ccccc1. The Hall–Kier alpha value is -5.12. The molecule has 9 nitrogen and oxygen atoms in total. The summed E-state index contributed by atoms with van der Waals surface area (Å²) in [6.45, 7) is -0.684. The van der Waals surface area contributed by atoms with Crippen LogP contribution in [-0.4, -0.2) is 61.5 Å². The molecule has 1 saturated heterocycles. The number of esters is 3. The van der Waals surface area contributed by atoms with E-state index in [0.29, 0.717) is 5.56 Å². The largest absolute Gasteiger partial charge is 0.452 e. The van der Waals surface area contributed by atoms with Crippen LogP contribution in [0, 0.1) is 0 Å². The zero-order valence-electron chi connectivity index (χ0n) is 22.9. The van der Waals surface area contributed by atoms with Gasteiger partial charge in [0.1, 0.15) is 6.61 Å². The van der Waals surface area contributed by atoms with Crippen molar-refractivity contribution < 1.29 is 42.9 Å². The van der Waals surface area contributed by atoms with Crippen molar-refractivity contribution in [2.45, 2.75) is 24.6 Å². The maximum atomic E-state index is 13.2. The highest BCUT2D eigenvalue weighted by Crippen LogP contribution is 2.27. The molecule has 0 saturated carbocycles. The quantitative estimate of drug-likeness (QED) is 0.146. The van der Waals surface area contributed by atoms with E-state index in [4.69, 9.17) is 23.7 Å². The van der Waals surface area contributed by atoms with Gasteiger partial charge in [-0.3, -0.25) is 4.79 Å². The van der Waals surface area contributed by atoms with Gasteiger partial charge in [-0.05, 0) is 36.4 Å². The molecule has 0 bridgehead atoms. The van der Waals surface area contributed by atoms with Gasteiger partial charge in [0.2, 0.25) is 0 Å². The Morgan fingerprint density at radius 1 is 0.535 bits per heavy atom. The number of benzene rings is 4. The fourth-order valence-corrected chi connectivity index (χ4v) is 4.43. The van der Waals surface area contributed by atoms with Crippen molar-refractivity contribution in [1.82, 2.24) is 0 Å². The molecule has 1 fully saturated rings. The Bertz CT molecular complexity index is 1530. The van der Waals surface area contributed by atoms with Crippen molar-refractivity contribution in [3.8, 4) is 0 Å². The second-order valence-electron chi connectivity index (χ2n) is 9.58. The highest BCUT2D eigenvalue weighted by atomic mass is 16.7. The molecule has 0 N–H and O–H groups in total. The lowest BCUT2D eigenvalue weighted by molar-refractivity contribution is -0.264. The Labute approximate surface area is 247 Å². The third-order valence-electron chi connectivity index (χ3n) is 6.63. The fraction of sp³-hybridized carbons (Fsp3) is 0.176. The summed E-state index contributed by atoms with van der Waals surface area (Å²) in [7, 11) is 0. The molecule has 0 aliphatic carbocycles. The number of Topliss-reactive ketones (excluding diaryl/α,β-unsaturated/α-hetero) is 1. The van der Waals surface area contributed by atoms with E-state index in [0.717, 1.165) is 0 Å². The summed E-state index contributed by atoms with van der Waals surface area (Å²) < 4.78 is 29.1. The highest BCUT2D eigenvalue weighted by molar-refractivity contribution is 5.97. The molecule has 5 rings (SSSR count). The Balaban J connectivity index is 1.44. The third kappa shape index (κ3) is 7.59. The lowest BCUT2D eigenvalue weighted by atomic mass is 10.0. The van der Waals surface area contributed by atoms with Gasteiger partial charge >= 0.3 is 17.9 Å². The van der Waals surface area contributed by atoms with Gasteiger partial charge in [0.05, 0.1) is 23.3 Å². The van der Waals surface area contributed by atoms with Gasteiger partial charge in [-0.15, -0.1) is 0 Å². The molecular weight excluding hydrogens is 552 g/mol. The van der Waals surface area contributed by atoms with Crippen LogP contribution in [-0.2, 0) is 23.7 Å². The van der Waals surface area contributed by atoms with E-state index in [9.17, 15) is 19.2 Å². The third-order valence-corrected chi connectivity index (χ3v) is 6.63. The van der Waals surface area contributed by atoms with Crippen LogP contribution in [0.25, 0.3) is 0 Å². The van der Waals surface area contributed by atoms with Crippen LogP contribution in [0.1, 0.15) is 41.4 Å². The molecule has 43 heavy (non-hydrogen) atoms. The molecular formula is C34H28O9.